The Hall–Kier alpha value is -2.25. The zero-order valence-corrected chi connectivity index (χ0v) is 20.8. The molecule has 1 heterocycles. The number of aromatic carboxylic acids is 1. The van der Waals surface area contributed by atoms with Crippen LogP contribution in [0.2, 0.25) is 15.1 Å². The molecule has 0 aliphatic carbocycles. The minimum atomic E-state index is -0.923. The lowest BCUT2D eigenvalue weighted by molar-refractivity contribution is 0.0702. The normalized spacial score (nSPS) is 10.8. The Balaban J connectivity index is 1.61. The summed E-state index contributed by atoms with van der Waals surface area (Å²) in [6, 6.07) is 15.8. The molecule has 0 aliphatic heterocycles. The summed E-state index contributed by atoms with van der Waals surface area (Å²) in [7, 11) is 0. The molecule has 0 bridgehead atoms. The van der Waals surface area contributed by atoms with Gasteiger partial charge in [-0.15, -0.1) is 11.3 Å². The number of nitrogens with one attached hydrogen (secondary N) is 1. The highest BCUT2D eigenvalue weighted by Crippen LogP contribution is 2.23. The van der Waals surface area contributed by atoms with E-state index in [1.807, 2.05) is 30.3 Å². The predicted octanol–water partition coefficient (Wildman–Crippen LogP) is 7.51. The highest BCUT2D eigenvalue weighted by molar-refractivity contribution is 7.13. The lowest BCUT2D eigenvalue weighted by atomic mass is 10.1. The quantitative estimate of drug-likeness (QED) is 0.288. The van der Waals surface area contributed by atoms with Gasteiger partial charge in [0.2, 0.25) is 0 Å². The first-order valence-corrected chi connectivity index (χ1v) is 12.3. The summed E-state index contributed by atoms with van der Waals surface area (Å²) >= 11 is 19.4. The third-order valence-electron chi connectivity index (χ3n) is 4.91. The molecular formula is C24H23Cl3N2O3S. The first-order valence-electron chi connectivity index (χ1n) is 10.4. The van der Waals surface area contributed by atoms with Crippen LogP contribution in [0.25, 0.3) is 0 Å². The maximum absolute atomic E-state index is 13.0. The van der Waals surface area contributed by atoms with Crippen LogP contribution in [0.1, 0.15) is 33.0 Å². The molecule has 3 rings (SSSR count). The highest BCUT2D eigenvalue weighted by atomic mass is 35.5. The number of benzene rings is 2. The van der Waals surface area contributed by atoms with Gasteiger partial charge < -0.3 is 15.3 Å². The number of carboxylic acid groups (broad SMARTS) is 1. The fourth-order valence-corrected chi connectivity index (χ4v) is 5.01. The second-order valence-electron chi connectivity index (χ2n) is 7.48. The van der Waals surface area contributed by atoms with Gasteiger partial charge in [0.15, 0.2) is 0 Å². The van der Waals surface area contributed by atoms with Crippen LogP contribution in [0.5, 0.6) is 0 Å². The van der Waals surface area contributed by atoms with E-state index >= 15 is 0 Å². The number of carboxylic acids is 1. The standard InChI is InChI=1S/C24H23Cl3N2O3S/c25-17-6-1-4-16(12-17)5-2-10-29(11-3-7-21-8-9-22(33-21)23(30)31)24(32)28-20-14-18(26)13-19(27)15-20/h1,4,6,8-9,12-15H,2-3,5,7,10-11H2,(H,28,32)(H,30,31). The van der Waals surface area contributed by atoms with Crippen LogP contribution in [0.3, 0.4) is 0 Å². The molecule has 2 N–H and O–H groups in total. The Kier molecular flexibility index (Phi) is 9.44. The van der Waals surface area contributed by atoms with Gasteiger partial charge in [0, 0.05) is 38.7 Å². The van der Waals surface area contributed by atoms with E-state index in [1.54, 1.807) is 29.2 Å². The van der Waals surface area contributed by atoms with Crippen molar-refractivity contribution in [2.45, 2.75) is 25.7 Å². The number of carbonyl (C=O) groups excluding carboxylic acids is 1. The van der Waals surface area contributed by atoms with Gasteiger partial charge in [-0.2, -0.15) is 0 Å². The molecule has 174 valence electrons. The number of amides is 2. The monoisotopic (exact) mass is 524 g/mol. The zero-order valence-electron chi connectivity index (χ0n) is 17.7. The van der Waals surface area contributed by atoms with Crippen molar-refractivity contribution in [3.8, 4) is 0 Å². The Morgan fingerprint density at radius 2 is 1.58 bits per heavy atom. The second-order valence-corrected chi connectivity index (χ2v) is 9.96. The molecule has 2 amide bonds. The fourth-order valence-electron chi connectivity index (χ4n) is 3.38. The number of thiophene rings is 1. The van der Waals surface area contributed by atoms with Crippen molar-refractivity contribution in [3.05, 3.63) is 85.0 Å². The fraction of sp³-hybridized carbons (Fsp3) is 0.250. The minimum Gasteiger partial charge on any atom is -0.477 e. The Labute approximate surface area is 211 Å². The Morgan fingerprint density at radius 3 is 2.21 bits per heavy atom. The number of halogens is 3. The van der Waals surface area contributed by atoms with Gasteiger partial charge in [-0.3, -0.25) is 0 Å². The molecule has 0 radical (unpaired) electrons. The number of rotatable bonds is 10. The number of hydrogen-bond donors (Lipinski definition) is 2. The molecule has 2 aromatic carbocycles. The van der Waals surface area contributed by atoms with Gasteiger partial charge in [0.05, 0.1) is 0 Å². The third kappa shape index (κ3) is 8.23. The number of hydrogen-bond acceptors (Lipinski definition) is 3. The number of nitrogens with zero attached hydrogens (tertiary/aromatic N) is 1. The third-order valence-corrected chi connectivity index (χ3v) is 6.71. The zero-order chi connectivity index (χ0) is 23.8. The van der Waals surface area contributed by atoms with E-state index in [1.165, 1.54) is 11.3 Å². The first-order chi connectivity index (χ1) is 15.8. The summed E-state index contributed by atoms with van der Waals surface area (Å²) in [5.41, 5.74) is 1.64. The number of aryl methyl sites for hydroxylation is 2. The molecule has 0 saturated heterocycles. The molecule has 3 aromatic rings. The summed E-state index contributed by atoms with van der Waals surface area (Å²) in [5, 5.41) is 13.5. The van der Waals surface area contributed by atoms with Crippen molar-refractivity contribution in [1.82, 2.24) is 4.90 Å². The van der Waals surface area contributed by atoms with E-state index in [0.29, 0.717) is 51.6 Å². The average Bonchev–Trinajstić information content (AvgIpc) is 3.21. The summed E-state index contributed by atoms with van der Waals surface area (Å²) in [6.45, 7) is 1.08. The summed E-state index contributed by atoms with van der Waals surface area (Å²) in [5.74, 6) is -0.923. The summed E-state index contributed by atoms with van der Waals surface area (Å²) < 4.78 is 0. The van der Waals surface area contributed by atoms with Crippen LogP contribution in [-0.4, -0.2) is 35.1 Å². The molecule has 33 heavy (non-hydrogen) atoms. The van der Waals surface area contributed by atoms with Crippen molar-refractivity contribution in [2.24, 2.45) is 0 Å². The molecule has 0 aliphatic rings. The van der Waals surface area contributed by atoms with Gasteiger partial charge >= 0.3 is 12.0 Å². The summed E-state index contributed by atoms with van der Waals surface area (Å²) in [6.07, 6.45) is 2.96. The van der Waals surface area contributed by atoms with Crippen LogP contribution >= 0.6 is 46.1 Å². The second kappa shape index (κ2) is 12.3. The van der Waals surface area contributed by atoms with Gasteiger partial charge in [0.25, 0.3) is 0 Å². The summed E-state index contributed by atoms with van der Waals surface area (Å²) in [4.78, 5) is 27.1. The lowest BCUT2D eigenvalue weighted by Crippen LogP contribution is -2.37. The number of urea groups is 1. The van der Waals surface area contributed by atoms with Crippen LogP contribution < -0.4 is 5.32 Å². The van der Waals surface area contributed by atoms with Gasteiger partial charge in [-0.05, 0) is 73.7 Å². The van der Waals surface area contributed by atoms with Crippen LogP contribution in [-0.2, 0) is 12.8 Å². The van der Waals surface area contributed by atoms with Gasteiger partial charge in [-0.25, -0.2) is 9.59 Å². The van der Waals surface area contributed by atoms with E-state index in [-0.39, 0.29) is 6.03 Å². The van der Waals surface area contributed by atoms with Crippen LogP contribution in [0.15, 0.2) is 54.6 Å². The smallest absolute Gasteiger partial charge is 0.345 e. The van der Waals surface area contributed by atoms with E-state index < -0.39 is 5.97 Å². The SMILES string of the molecule is O=C(O)c1ccc(CCCN(CCCc2cccc(Cl)c2)C(=O)Nc2cc(Cl)cc(Cl)c2)s1. The predicted molar refractivity (Wildman–Crippen MR) is 136 cm³/mol. The van der Waals surface area contributed by atoms with Gasteiger partial charge in [0.1, 0.15) is 4.88 Å². The largest absolute Gasteiger partial charge is 0.477 e. The van der Waals surface area contributed by atoms with E-state index in [2.05, 4.69) is 5.32 Å². The van der Waals surface area contributed by atoms with Gasteiger partial charge in [-0.1, -0.05) is 46.9 Å². The Bertz CT molecular complexity index is 1100. The van der Waals surface area contributed by atoms with E-state index in [0.717, 1.165) is 23.3 Å². The maximum atomic E-state index is 13.0. The van der Waals surface area contributed by atoms with Crippen molar-refractivity contribution in [3.63, 3.8) is 0 Å². The topological polar surface area (TPSA) is 69.6 Å². The molecule has 0 spiro atoms. The molecule has 0 saturated carbocycles. The molecule has 9 heteroatoms. The average molecular weight is 526 g/mol. The van der Waals surface area contributed by atoms with Crippen molar-refractivity contribution in [1.29, 1.82) is 0 Å². The van der Waals surface area contributed by atoms with E-state index in [9.17, 15) is 9.59 Å². The maximum Gasteiger partial charge on any atom is 0.345 e. The number of carbonyl (C=O) groups is 2. The highest BCUT2D eigenvalue weighted by Gasteiger charge is 2.15. The Morgan fingerprint density at radius 1 is 0.879 bits per heavy atom. The molecule has 0 fully saturated rings. The van der Waals surface area contributed by atoms with Crippen molar-refractivity contribution >= 4 is 63.8 Å². The van der Waals surface area contributed by atoms with Crippen LogP contribution in [0, 0.1) is 0 Å². The first kappa shape index (κ1) is 25.4. The number of anilines is 1. The minimum absolute atomic E-state index is 0.239. The van der Waals surface area contributed by atoms with E-state index in [4.69, 9.17) is 39.9 Å². The molecule has 0 unspecified atom stereocenters. The molecular weight excluding hydrogens is 503 g/mol. The molecule has 1 aromatic heterocycles. The van der Waals surface area contributed by atoms with Crippen molar-refractivity contribution < 1.29 is 14.7 Å². The van der Waals surface area contributed by atoms with Crippen molar-refractivity contribution in [2.75, 3.05) is 18.4 Å². The lowest BCUT2D eigenvalue weighted by Gasteiger charge is -2.23. The van der Waals surface area contributed by atoms with Crippen LogP contribution in [0.4, 0.5) is 10.5 Å². The molecule has 5 nitrogen and oxygen atoms in total. The molecule has 0 atom stereocenters.